The van der Waals surface area contributed by atoms with Crippen LogP contribution in [0.1, 0.15) is 57.8 Å². The van der Waals surface area contributed by atoms with Crippen LogP contribution in [0, 0.1) is 16.7 Å². The van der Waals surface area contributed by atoms with Crippen LogP contribution in [0.4, 0.5) is 4.79 Å². The van der Waals surface area contributed by atoms with E-state index in [4.69, 9.17) is 18.9 Å². The molecule has 2 bridgehead atoms. The van der Waals surface area contributed by atoms with E-state index in [2.05, 4.69) is 0 Å². The molecule has 2 saturated carbocycles. The number of carbonyl (C=O) groups is 5. The summed E-state index contributed by atoms with van der Waals surface area (Å²) in [4.78, 5) is 69.1. The second kappa shape index (κ2) is 10.5. The van der Waals surface area contributed by atoms with Crippen LogP contribution in [-0.2, 0) is 33.3 Å². The van der Waals surface area contributed by atoms with Crippen LogP contribution in [0.3, 0.4) is 0 Å². The Balaban J connectivity index is 1.84. The van der Waals surface area contributed by atoms with Crippen LogP contribution in [-0.4, -0.2) is 101 Å². The standard InChI is InChI=1S/C32H39NO11/c1-16-19(35)14-32(40)26(43-27(38)18-11-9-8-10-12-18)24-30(5,20(36)13-21-31(24,15-41-21)44-17(2)34)25(37)23(22(16)29(32,3)4)42-28(39)33(6)7/h8-12,20-21,23-24,26,36,40H,13-15H2,1-7H3/t20-,21+,23+,24-,26-,30+,31-,32+/m0/s1. The number of Topliss-reactive ketones (excluding diaryl/α,β-unsaturated/α-hetero) is 2. The van der Waals surface area contributed by atoms with Gasteiger partial charge >= 0.3 is 18.0 Å². The Labute approximate surface area is 255 Å². The summed E-state index contributed by atoms with van der Waals surface area (Å²) in [6.45, 7) is 7.03. The van der Waals surface area contributed by atoms with E-state index in [0.29, 0.717) is 0 Å². The highest BCUT2D eigenvalue weighted by Gasteiger charge is 2.78. The molecule has 1 aromatic rings. The summed E-state index contributed by atoms with van der Waals surface area (Å²) in [5, 5.41) is 24.6. The van der Waals surface area contributed by atoms with E-state index in [-0.39, 0.29) is 29.7 Å². The highest BCUT2D eigenvalue weighted by atomic mass is 16.6. The average Bonchev–Trinajstić information content (AvgIpc) is 2.95. The third kappa shape index (κ3) is 4.33. The highest BCUT2D eigenvalue weighted by Crippen LogP contribution is 2.63. The first-order chi connectivity index (χ1) is 20.4. The topological polar surface area (TPSA) is 166 Å². The molecule has 4 aliphatic rings. The van der Waals surface area contributed by atoms with Gasteiger partial charge in [-0.1, -0.05) is 32.0 Å². The Bertz CT molecular complexity index is 1450. The number of allylic oxidation sites excluding steroid dienone is 1. The van der Waals surface area contributed by atoms with Gasteiger partial charge in [-0.2, -0.15) is 0 Å². The molecule has 44 heavy (non-hydrogen) atoms. The molecule has 12 heteroatoms. The van der Waals surface area contributed by atoms with Gasteiger partial charge in [0, 0.05) is 39.3 Å². The number of esters is 2. The molecule has 0 radical (unpaired) electrons. The van der Waals surface area contributed by atoms with Crippen molar-refractivity contribution in [3.8, 4) is 0 Å². The first-order valence-corrected chi connectivity index (χ1v) is 14.6. The van der Waals surface area contributed by atoms with Crippen molar-refractivity contribution in [1.29, 1.82) is 0 Å². The number of ether oxygens (including phenoxy) is 4. The van der Waals surface area contributed by atoms with Crippen LogP contribution < -0.4 is 0 Å². The van der Waals surface area contributed by atoms with Crippen molar-refractivity contribution in [2.24, 2.45) is 16.7 Å². The number of benzene rings is 1. The number of fused-ring (bicyclic) bond motifs is 5. The molecule has 1 aliphatic heterocycles. The first kappa shape index (κ1) is 31.8. The third-order valence-corrected chi connectivity index (χ3v) is 10.3. The summed E-state index contributed by atoms with van der Waals surface area (Å²) in [6, 6.07) is 7.97. The molecular weight excluding hydrogens is 574 g/mol. The summed E-state index contributed by atoms with van der Waals surface area (Å²) < 4.78 is 23.7. The number of ketones is 2. The Hall–Kier alpha value is -3.61. The van der Waals surface area contributed by atoms with E-state index in [1.54, 1.807) is 32.0 Å². The van der Waals surface area contributed by atoms with E-state index in [1.807, 2.05) is 0 Å². The summed E-state index contributed by atoms with van der Waals surface area (Å²) in [7, 11) is 2.85. The van der Waals surface area contributed by atoms with Gasteiger partial charge in [-0.05, 0) is 37.1 Å². The molecule has 5 rings (SSSR count). The van der Waals surface area contributed by atoms with E-state index in [1.165, 1.54) is 47.0 Å². The van der Waals surface area contributed by atoms with Gasteiger partial charge in [-0.3, -0.25) is 14.4 Å². The number of aliphatic hydroxyl groups is 2. The molecule has 0 unspecified atom stereocenters. The van der Waals surface area contributed by atoms with Gasteiger partial charge in [0.1, 0.15) is 17.8 Å². The zero-order valence-electron chi connectivity index (χ0n) is 25.9. The van der Waals surface area contributed by atoms with Gasteiger partial charge in [0.15, 0.2) is 23.3 Å². The molecule has 0 aromatic heterocycles. The molecule has 1 aromatic carbocycles. The summed E-state index contributed by atoms with van der Waals surface area (Å²) in [5.41, 5.74) is -7.05. The second-order valence-electron chi connectivity index (χ2n) is 13.3. The monoisotopic (exact) mass is 613 g/mol. The fraction of sp³-hybridized carbons (Fsp3) is 0.594. The Kier molecular flexibility index (Phi) is 7.58. The maximum Gasteiger partial charge on any atom is 0.410 e. The SMILES string of the molecule is CC(=O)O[C@@]12CO[C@@H]1C[C@H](O)[C@@]1(C)C(=O)[C@H](OC(=O)N(C)C)C3=C(C)C(=O)C[C@@](O)([C@@H](OC(=O)c4ccccc4)[C@H]21)C3(C)C. The van der Waals surface area contributed by atoms with Gasteiger partial charge in [0.25, 0.3) is 0 Å². The Morgan fingerprint density at radius 3 is 2.23 bits per heavy atom. The minimum Gasteiger partial charge on any atom is -0.455 e. The molecule has 1 amide bonds. The molecule has 3 fully saturated rings. The van der Waals surface area contributed by atoms with Gasteiger partial charge in [-0.25, -0.2) is 9.59 Å². The molecule has 2 N–H and O–H groups in total. The van der Waals surface area contributed by atoms with Crippen molar-refractivity contribution in [2.45, 2.75) is 83.1 Å². The number of nitrogens with zero attached hydrogens (tertiary/aromatic N) is 1. The number of carbonyl (C=O) groups excluding carboxylic acids is 5. The molecule has 238 valence electrons. The van der Waals surface area contributed by atoms with Crippen LogP contribution in [0.2, 0.25) is 0 Å². The molecule has 0 spiro atoms. The molecule has 8 atom stereocenters. The van der Waals surface area contributed by atoms with Crippen LogP contribution in [0.25, 0.3) is 0 Å². The number of aliphatic hydroxyl groups excluding tert-OH is 1. The number of hydrogen-bond donors (Lipinski definition) is 2. The van der Waals surface area contributed by atoms with Crippen molar-refractivity contribution >= 4 is 29.6 Å². The second-order valence-corrected chi connectivity index (χ2v) is 13.3. The minimum absolute atomic E-state index is 0.0394. The molecule has 1 saturated heterocycles. The first-order valence-electron chi connectivity index (χ1n) is 14.6. The van der Waals surface area contributed by atoms with Crippen molar-refractivity contribution < 1.29 is 53.1 Å². The van der Waals surface area contributed by atoms with Crippen molar-refractivity contribution in [2.75, 3.05) is 20.7 Å². The maximum atomic E-state index is 15.0. The smallest absolute Gasteiger partial charge is 0.410 e. The quantitative estimate of drug-likeness (QED) is 0.377. The normalized spacial score (nSPS) is 37.3. The Morgan fingerprint density at radius 2 is 1.68 bits per heavy atom. The van der Waals surface area contributed by atoms with Crippen LogP contribution in [0.5, 0.6) is 0 Å². The molecule has 12 nitrogen and oxygen atoms in total. The highest BCUT2D eigenvalue weighted by molar-refractivity contribution is 6.03. The maximum absolute atomic E-state index is 15.0. The summed E-state index contributed by atoms with van der Waals surface area (Å²) >= 11 is 0. The molecule has 3 aliphatic carbocycles. The lowest BCUT2D eigenvalue weighted by Gasteiger charge is -2.67. The van der Waals surface area contributed by atoms with Gasteiger partial charge < -0.3 is 34.1 Å². The average molecular weight is 614 g/mol. The largest absolute Gasteiger partial charge is 0.455 e. The van der Waals surface area contributed by atoms with E-state index >= 15 is 0 Å². The van der Waals surface area contributed by atoms with Gasteiger partial charge in [0.2, 0.25) is 0 Å². The van der Waals surface area contributed by atoms with Crippen molar-refractivity contribution in [1.82, 2.24) is 4.90 Å². The lowest BCUT2D eigenvalue weighted by Crippen LogP contribution is -2.81. The predicted octanol–water partition coefficient (Wildman–Crippen LogP) is 2.00. The van der Waals surface area contributed by atoms with Crippen LogP contribution >= 0.6 is 0 Å². The van der Waals surface area contributed by atoms with Crippen molar-refractivity contribution in [3.05, 3.63) is 47.0 Å². The minimum atomic E-state index is -2.23. The van der Waals surface area contributed by atoms with Gasteiger partial charge in [0.05, 0.1) is 29.6 Å². The summed E-state index contributed by atoms with van der Waals surface area (Å²) in [5.74, 6) is -4.36. The van der Waals surface area contributed by atoms with Gasteiger partial charge in [-0.15, -0.1) is 0 Å². The number of amides is 1. The number of rotatable bonds is 4. The number of hydrogen-bond acceptors (Lipinski definition) is 11. The van der Waals surface area contributed by atoms with E-state index in [0.717, 1.165) is 4.90 Å². The lowest BCUT2D eigenvalue weighted by molar-refractivity contribution is -0.344. The fourth-order valence-corrected chi connectivity index (χ4v) is 7.76. The lowest BCUT2D eigenvalue weighted by atomic mass is 9.44. The predicted molar refractivity (Wildman–Crippen MR) is 152 cm³/mol. The van der Waals surface area contributed by atoms with Crippen molar-refractivity contribution in [3.63, 3.8) is 0 Å². The summed E-state index contributed by atoms with van der Waals surface area (Å²) in [6.07, 6.45) is -7.36. The molecular formula is C32H39NO11. The Morgan fingerprint density at radius 1 is 1.05 bits per heavy atom. The fourth-order valence-electron chi connectivity index (χ4n) is 7.76. The third-order valence-electron chi connectivity index (χ3n) is 10.3. The van der Waals surface area contributed by atoms with E-state index in [9.17, 15) is 34.2 Å². The zero-order chi connectivity index (χ0) is 32.6. The van der Waals surface area contributed by atoms with Crippen LogP contribution in [0.15, 0.2) is 41.5 Å². The zero-order valence-corrected chi connectivity index (χ0v) is 25.9. The van der Waals surface area contributed by atoms with E-state index < -0.39 is 88.4 Å². The molecule has 1 heterocycles.